The number of aromatic nitrogens is 2. The largest absolute Gasteiger partial charge is 0.508 e. The predicted molar refractivity (Wildman–Crippen MR) is 74.5 cm³/mol. The Bertz CT molecular complexity index is 739. The molecule has 0 saturated heterocycles. The number of phenolic OH excluding ortho intramolecular Hbond substituents is 2. The summed E-state index contributed by atoms with van der Waals surface area (Å²) < 4.78 is 0. The number of aromatic hydroxyl groups is 2. The zero-order valence-corrected chi connectivity index (χ0v) is 11.1. The molecule has 0 bridgehead atoms. The molecule has 2 aromatic rings. The van der Waals surface area contributed by atoms with E-state index in [2.05, 4.69) is 20.5 Å². The van der Waals surface area contributed by atoms with Gasteiger partial charge in [-0.1, -0.05) is 4.98 Å². The molecular weight excluding hydrogens is 294 g/mol. The van der Waals surface area contributed by atoms with E-state index >= 15 is 0 Å². The van der Waals surface area contributed by atoms with E-state index < -0.39 is 16.8 Å². The fourth-order valence-corrected chi connectivity index (χ4v) is 1.56. The van der Waals surface area contributed by atoms with Gasteiger partial charge >= 0.3 is 5.95 Å². The smallest absolute Gasteiger partial charge is 0.432 e. The Hall–Kier alpha value is -3.43. The molecule has 10 heteroatoms. The van der Waals surface area contributed by atoms with Crippen molar-refractivity contribution in [3.63, 3.8) is 0 Å². The normalized spacial score (nSPS) is 10.7. The third-order valence-electron chi connectivity index (χ3n) is 2.55. The first kappa shape index (κ1) is 15.0. The molecule has 1 aromatic carbocycles. The quantitative estimate of drug-likeness (QED) is 0.356. The molecule has 0 unspecified atom stereocenters. The number of carbonyl (C=O) groups excluding carboxylic acids is 1. The van der Waals surface area contributed by atoms with Crippen LogP contribution >= 0.6 is 0 Å². The van der Waals surface area contributed by atoms with Crippen molar-refractivity contribution in [3.8, 4) is 11.5 Å². The van der Waals surface area contributed by atoms with Gasteiger partial charge in [0.2, 0.25) is 5.91 Å². The topological polar surface area (TPSA) is 154 Å². The molecule has 0 aliphatic carbocycles. The van der Waals surface area contributed by atoms with Crippen LogP contribution in [0.3, 0.4) is 0 Å². The number of hydrogen-bond donors (Lipinski definition) is 4. The molecular formula is C12H11N5O5. The molecule has 0 saturated carbocycles. The minimum Gasteiger partial charge on any atom is -0.508 e. The second-order valence-corrected chi connectivity index (χ2v) is 4.20. The number of H-pyrrole nitrogens is 1. The zero-order chi connectivity index (χ0) is 16.1. The highest BCUT2D eigenvalue weighted by atomic mass is 16.6. The Kier molecular flexibility index (Phi) is 4.32. The second-order valence-electron chi connectivity index (χ2n) is 4.20. The summed E-state index contributed by atoms with van der Waals surface area (Å²) in [6.45, 7) is 0. The highest BCUT2D eigenvalue weighted by Crippen LogP contribution is 2.20. The van der Waals surface area contributed by atoms with Crippen LogP contribution in [0.25, 0.3) is 0 Å². The number of rotatable bonds is 5. The number of imidazole rings is 1. The monoisotopic (exact) mass is 305 g/mol. The van der Waals surface area contributed by atoms with Gasteiger partial charge in [-0.3, -0.25) is 4.79 Å². The van der Waals surface area contributed by atoms with E-state index in [0.29, 0.717) is 5.56 Å². The van der Waals surface area contributed by atoms with Gasteiger partial charge in [0.25, 0.3) is 0 Å². The van der Waals surface area contributed by atoms with Gasteiger partial charge in [0, 0.05) is 11.6 Å². The molecule has 0 radical (unpaired) electrons. The summed E-state index contributed by atoms with van der Waals surface area (Å²) in [7, 11) is 0. The number of phenols is 2. The fraction of sp³-hybridized carbons (Fsp3) is 0.0833. The van der Waals surface area contributed by atoms with E-state index in [1.807, 2.05) is 0 Å². The van der Waals surface area contributed by atoms with Gasteiger partial charge in [-0.15, -0.1) is 0 Å². The maximum Gasteiger partial charge on any atom is 0.432 e. The minimum atomic E-state index is -0.701. The summed E-state index contributed by atoms with van der Waals surface area (Å²) in [6.07, 6.45) is 2.22. The van der Waals surface area contributed by atoms with Crippen molar-refractivity contribution in [3.05, 3.63) is 45.8 Å². The third-order valence-corrected chi connectivity index (χ3v) is 2.55. The molecule has 1 amide bonds. The van der Waals surface area contributed by atoms with Gasteiger partial charge in [-0.2, -0.15) is 5.10 Å². The third kappa shape index (κ3) is 3.79. The molecule has 0 fully saturated rings. The molecule has 10 nitrogen and oxygen atoms in total. The average Bonchev–Trinajstić information content (AvgIpc) is 2.90. The number of amides is 1. The van der Waals surface area contributed by atoms with Gasteiger partial charge in [-0.25, -0.2) is 10.4 Å². The molecule has 0 aliphatic rings. The summed E-state index contributed by atoms with van der Waals surface area (Å²) in [5, 5.41) is 32.7. The molecule has 0 aliphatic heterocycles. The number of aromatic amines is 1. The van der Waals surface area contributed by atoms with Crippen LogP contribution in [0.2, 0.25) is 0 Å². The summed E-state index contributed by atoms with van der Waals surface area (Å²) in [5.74, 6) is -1.25. The van der Waals surface area contributed by atoms with E-state index in [9.17, 15) is 20.0 Å². The number of hydrazone groups is 1. The van der Waals surface area contributed by atoms with Crippen molar-refractivity contribution >= 4 is 18.1 Å². The predicted octanol–water partition coefficient (Wildman–Crippen LogP) is 0.422. The Labute approximate surface area is 123 Å². The Balaban J connectivity index is 1.91. The highest BCUT2D eigenvalue weighted by Gasteiger charge is 2.13. The molecule has 1 heterocycles. The van der Waals surface area contributed by atoms with Crippen LogP contribution in [0.5, 0.6) is 11.5 Å². The van der Waals surface area contributed by atoms with Gasteiger partial charge in [0.05, 0.1) is 12.6 Å². The van der Waals surface area contributed by atoms with E-state index in [4.69, 9.17) is 5.11 Å². The van der Waals surface area contributed by atoms with Crippen molar-refractivity contribution in [2.45, 2.75) is 6.42 Å². The molecule has 2 rings (SSSR count). The number of carbonyl (C=O) groups is 1. The highest BCUT2D eigenvalue weighted by molar-refractivity contribution is 5.85. The van der Waals surface area contributed by atoms with E-state index in [1.165, 1.54) is 24.5 Å². The SMILES string of the molecule is O=C(Cc1cnc([N+](=O)[O-])[nH]1)NN=Cc1ccc(O)cc1O. The summed E-state index contributed by atoms with van der Waals surface area (Å²) in [5.41, 5.74) is 2.77. The van der Waals surface area contributed by atoms with Crippen LogP contribution in [-0.4, -0.2) is 37.2 Å². The van der Waals surface area contributed by atoms with Gasteiger partial charge < -0.3 is 20.3 Å². The van der Waals surface area contributed by atoms with Gasteiger partial charge in [0.15, 0.2) is 0 Å². The van der Waals surface area contributed by atoms with Crippen LogP contribution in [0.4, 0.5) is 5.95 Å². The van der Waals surface area contributed by atoms with Crippen LogP contribution in [0, 0.1) is 10.1 Å². The van der Waals surface area contributed by atoms with Crippen molar-refractivity contribution < 1.29 is 19.9 Å². The fourth-order valence-electron chi connectivity index (χ4n) is 1.56. The van der Waals surface area contributed by atoms with E-state index in [0.717, 1.165) is 6.07 Å². The van der Waals surface area contributed by atoms with E-state index in [-0.39, 0.29) is 23.6 Å². The molecule has 4 N–H and O–H groups in total. The summed E-state index contributed by atoms with van der Waals surface area (Å²) >= 11 is 0. The number of nitro groups is 1. The van der Waals surface area contributed by atoms with E-state index in [1.54, 1.807) is 0 Å². The second kappa shape index (κ2) is 6.35. The molecule has 1 aromatic heterocycles. The first-order valence-corrected chi connectivity index (χ1v) is 5.98. The summed E-state index contributed by atoms with van der Waals surface area (Å²) in [4.78, 5) is 27.2. The number of nitrogens with one attached hydrogen (secondary N) is 2. The Morgan fingerprint density at radius 1 is 1.50 bits per heavy atom. The van der Waals surface area contributed by atoms with Crippen LogP contribution in [-0.2, 0) is 11.2 Å². The Morgan fingerprint density at radius 2 is 2.27 bits per heavy atom. The lowest BCUT2D eigenvalue weighted by Gasteiger charge is -1.99. The summed E-state index contributed by atoms with van der Waals surface area (Å²) in [6, 6.07) is 3.90. The zero-order valence-electron chi connectivity index (χ0n) is 11.1. The lowest BCUT2D eigenvalue weighted by molar-refractivity contribution is -0.393. The van der Waals surface area contributed by atoms with Crippen LogP contribution < -0.4 is 5.43 Å². The maximum absolute atomic E-state index is 11.6. The first-order valence-electron chi connectivity index (χ1n) is 5.98. The number of hydrogen-bond acceptors (Lipinski definition) is 7. The number of nitrogens with zero attached hydrogens (tertiary/aromatic N) is 3. The molecule has 114 valence electrons. The van der Waals surface area contributed by atoms with Gasteiger partial charge in [0.1, 0.15) is 23.4 Å². The van der Waals surface area contributed by atoms with Crippen LogP contribution in [0.15, 0.2) is 29.5 Å². The van der Waals surface area contributed by atoms with Crippen molar-refractivity contribution in [2.75, 3.05) is 0 Å². The molecule has 22 heavy (non-hydrogen) atoms. The molecule has 0 atom stereocenters. The Morgan fingerprint density at radius 3 is 2.91 bits per heavy atom. The lowest BCUT2D eigenvalue weighted by atomic mass is 10.2. The van der Waals surface area contributed by atoms with Crippen molar-refractivity contribution in [1.29, 1.82) is 0 Å². The lowest BCUT2D eigenvalue weighted by Crippen LogP contribution is -2.19. The van der Waals surface area contributed by atoms with Crippen molar-refractivity contribution in [2.24, 2.45) is 5.10 Å². The average molecular weight is 305 g/mol. The van der Waals surface area contributed by atoms with Crippen molar-refractivity contribution in [1.82, 2.24) is 15.4 Å². The van der Waals surface area contributed by atoms with Gasteiger partial charge in [-0.05, 0) is 17.1 Å². The van der Waals surface area contributed by atoms with Crippen LogP contribution in [0.1, 0.15) is 11.3 Å². The number of benzene rings is 1. The maximum atomic E-state index is 11.6. The molecule has 0 spiro atoms. The standard InChI is InChI=1S/C12H11N5O5/c18-9-2-1-7(10(19)4-9)5-14-16-11(20)3-8-6-13-12(15-8)17(21)22/h1-2,4-6,18-19H,3H2,(H,13,15)(H,16,20). The first-order chi connectivity index (χ1) is 10.5. The minimum absolute atomic E-state index is 0.0977.